The minimum atomic E-state index is -0.640. The molecule has 0 atom stereocenters. The summed E-state index contributed by atoms with van der Waals surface area (Å²) in [6.45, 7) is 4.79. The Hall–Kier alpha value is -3.94. The topological polar surface area (TPSA) is 97.7 Å². The van der Waals surface area contributed by atoms with Crippen molar-refractivity contribution in [1.29, 1.82) is 0 Å². The number of nitrogens with one attached hydrogen (secondary N) is 1. The second-order valence-corrected chi connectivity index (χ2v) is 9.29. The molecule has 0 aliphatic carbocycles. The molecule has 8 heteroatoms. The number of unbranched alkanes of at least 4 members (excludes halogenated alkanes) is 2. The van der Waals surface area contributed by atoms with Gasteiger partial charge in [0.1, 0.15) is 6.54 Å². The van der Waals surface area contributed by atoms with Crippen LogP contribution in [0, 0.1) is 0 Å². The maximum Gasteiger partial charge on any atom is 0.325 e. The summed E-state index contributed by atoms with van der Waals surface area (Å²) in [5, 5.41) is 3.39. The summed E-state index contributed by atoms with van der Waals surface area (Å²) in [5.74, 6) is -1.77. The largest absolute Gasteiger partial charge is 0.465 e. The number of rotatable bonds is 10. The Kier molecular flexibility index (Phi) is 8.38. The van der Waals surface area contributed by atoms with Crippen LogP contribution in [0.25, 0.3) is 10.9 Å². The Balaban J connectivity index is 1.62. The minimum absolute atomic E-state index is 0.0916. The van der Waals surface area contributed by atoms with E-state index >= 15 is 0 Å². The molecule has 4 rings (SSSR count). The van der Waals surface area contributed by atoms with Crippen molar-refractivity contribution >= 4 is 40.2 Å². The molecule has 1 N–H and O–H groups in total. The predicted octanol–water partition coefficient (Wildman–Crippen LogP) is 4.49. The monoisotopic (exact) mass is 503 g/mol. The van der Waals surface area contributed by atoms with Gasteiger partial charge in [0.05, 0.1) is 12.2 Å². The number of amides is 2. The molecule has 2 aromatic carbocycles. The summed E-state index contributed by atoms with van der Waals surface area (Å²) in [5.41, 5.74) is 3.57. The van der Waals surface area contributed by atoms with Gasteiger partial charge in [-0.25, -0.2) is 0 Å². The van der Waals surface area contributed by atoms with Crippen molar-refractivity contribution in [2.24, 2.45) is 0 Å². The number of aromatic nitrogens is 1. The lowest BCUT2D eigenvalue weighted by atomic mass is 9.99. The first-order chi connectivity index (χ1) is 17.9. The molecule has 194 valence electrons. The molecule has 1 aliphatic rings. The van der Waals surface area contributed by atoms with Crippen LogP contribution >= 0.6 is 0 Å². The van der Waals surface area contributed by atoms with Crippen molar-refractivity contribution in [3.63, 3.8) is 0 Å². The van der Waals surface area contributed by atoms with Crippen LogP contribution < -0.4 is 5.32 Å². The summed E-state index contributed by atoms with van der Waals surface area (Å²) in [4.78, 5) is 52.9. The molecule has 0 saturated heterocycles. The van der Waals surface area contributed by atoms with E-state index in [1.165, 1.54) is 11.8 Å². The average Bonchev–Trinajstić information content (AvgIpc) is 3.25. The predicted molar refractivity (Wildman–Crippen MR) is 141 cm³/mol. The van der Waals surface area contributed by atoms with Gasteiger partial charge in [-0.05, 0) is 49.1 Å². The van der Waals surface area contributed by atoms with Gasteiger partial charge in [-0.15, -0.1) is 0 Å². The van der Waals surface area contributed by atoms with Crippen LogP contribution in [0.3, 0.4) is 0 Å². The fourth-order valence-electron chi connectivity index (χ4n) is 4.72. The molecule has 0 fully saturated rings. The summed E-state index contributed by atoms with van der Waals surface area (Å²) in [7, 11) is 0. The zero-order valence-electron chi connectivity index (χ0n) is 21.4. The normalized spacial score (nSPS) is 12.8. The quantitative estimate of drug-likeness (QED) is 0.190. The Morgan fingerprint density at radius 2 is 1.78 bits per heavy atom. The number of Topliss-reactive ketones (excluding diaryl/α,β-unsaturated/α-hetero) is 1. The van der Waals surface area contributed by atoms with Crippen LogP contribution in [-0.4, -0.2) is 46.2 Å². The van der Waals surface area contributed by atoms with E-state index in [1.807, 2.05) is 24.3 Å². The van der Waals surface area contributed by atoms with Crippen LogP contribution in [0.2, 0.25) is 0 Å². The third kappa shape index (κ3) is 6.07. The van der Waals surface area contributed by atoms with E-state index in [2.05, 4.69) is 12.2 Å². The van der Waals surface area contributed by atoms with E-state index in [1.54, 1.807) is 34.6 Å². The molecule has 0 radical (unpaired) electrons. The highest BCUT2D eigenvalue weighted by Crippen LogP contribution is 2.27. The Morgan fingerprint density at radius 1 is 1.00 bits per heavy atom. The van der Waals surface area contributed by atoms with Gasteiger partial charge in [-0.3, -0.25) is 19.2 Å². The lowest BCUT2D eigenvalue weighted by Crippen LogP contribution is -2.40. The number of anilines is 1. The summed E-state index contributed by atoms with van der Waals surface area (Å²) in [6.07, 6.45) is 5.44. The Morgan fingerprint density at radius 3 is 2.54 bits per heavy atom. The van der Waals surface area contributed by atoms with Gasteiger partial charge in [0, 0.05) is 42.3 Å². The van der Waals surface area contributed by atoms with E-state index in [-0.39, 0.29) is 24.6 Å². The second kappa shape index (κ2) is 11.9. The van der Waals surface area contributed by atoms with Crippen LogP contribution in [0.5, 0.6) is 0 Å². The lowest BCUT2D eigenvalue weighted by Gasteiger charge is -2.28. The van der Waals surface area contributed by atoms with Crippen LogP contribution in [-0.2, 0) is 38.6 Å². The van der Waals surface area contributed by atoms with Crippen molar-refractivity contribution in [2.45, 2.75) is 59.0 Å². The Labute approximate surface area is 216 Å². The zero-order valence-corrected chi connectivity index (χ0v) is 21.4. The number of ketones is 1. The average molecular weight is 504 g/mol. The summed E-state index contributed by atoms with van der Waals surface area (Å²) < 4.78 is 6.70. The number of carbonyl (C=O) groups excluding carboxylic acids is 4. The van der Waals surface area contributed by atoms with E-state index in [0.717, 1.165) is 24.8 Å². The summed E-state index contributed by atoms with van der Waals surface area (Å²) >= 11 is 0. The van der Waals surface area contributed by atoms with Crippen molar-refractivity contribution in [2.75, 3.05) is 18.5 Å². The van der Waals surface area contributed by atoms with Gasteiger partial charge in [0.2, 0.25) is 5.91 Å². The van der Waals surface area contributed by atoms with E-state index in [0.29, 0.717) is 42.5 Å². The molecule has 2 amide bonds. The smallest absolute Gasteiger partial charge is 0.325 e. The van der Waals surface area contributed by atoms with Crippen LogP contribution in [0.15, 0.2) is 48.7 Å². The third-order valence-corrected chi connectivity index (χ3v) is 6.63. The second-order valence-electron chi connectivity index (χ2n) is 9.29. The maximum atomic E-state index is 13.5. The number of carbonyl (C=O) groups is 4. The van der Waals surface area contributed by atoms with E-state index in [4.69, 9.17) is 4.74 Å². The fraction of sp³-hybridized carbons (Fsp3) is 0.379. The highest BCUT2D eigenvalue weighted by Gasteiger charge is 2.29. The molecule has 1 aliphatic heterocycles. The van der Waals surface area contributed by atoms with Crippen molar-refractivity contribution in [3.8, 4) is 0 Å². The van der Waals surface area contributed by atoms with E-state index < -0.39 is 17.7 Å². The van der Waals surface area contributed by atoms with Crippen molar-refractivity contribution in [1.82, 2.24) is 9.47 Å². The van der Waals surface area contributed by atoms with Gasteiger partial charge in [-0.2, -0.15) is 0 Å². The number of esters is 1. The molecule has 0 bridgehead atoms. The standard InChI is InChI=1S/C29H33N3O5/c1-3-5-6-11-26(33)30-22-12-13-25-23(16-22)24(18-32(25)19-27(34)37-4-2)28(35)29(36)31-15-14-20-9-7-8-10-21(20)17-31/h7-10,12-13,16,18H,3-6,11,14-15,17,19H2,1-2H3,(H,30,33). The molecule has 1 aromatic heterocycles. The molecular formula is C29H33N3O5. The molecule has 37 heavy (non-hydrogen) atoms. The van der Waals surface area contributed by atoms with Gasteiger partial charge in [0.25, 0.3) is 11.7 Å². The van der Waals surface area contributed by atoms with Gasteiger partial charge >= 0.3 is 5.97 Å². The lowest BCUT2D eigenvalue weighted by molar-refractivity contribution is -0.143. The number of benzene rings is 2. The highest BCUT2D eigenvalue weighted by molar-refractivity contribution is 6.45. The zero-order chi connectivity index (χ0) is 26.4. The van der Waals surface area contributed by atoms with Gasteiger partial charge < -0.3 is 19.5 Å². The first-order valence-corrected chi connectivity index (χ1v) is 12.9. The van der Waals surface area contributed by atoms with Gasteiger partial charge in [-0.1, -0.05) is 44.0 Å². The number of hydrogen-bond donors (Lipinski definition) is 1. The van der Waals surface area contributed by atoms with Crippen molar-refractivity contribution < 1.29 is 23.9 Å². The molecule has 0 saturated carbocycles. The SMILES string of the molecule is CCCCCC(=O)Nc1ccc2c(c1)c(C(=O)C(=O)N1CCc3ccccc3C1)cn2CC(=O)OCC. The molecule has 0 unspecified atom stereocenters. The third-order valence-electron chi connectivity index (χ3n) is 6.63. The maximum absolute atomic E-state index is 13.5. The van der Waals surface area contributed by atoms with Gasteiger partial charge in [0.15, 0.2) is 0 Å². The Bertz CT molecular complexity index is 1330. The number of fused-ring (bicyclic) bond motifs is 2. The fourth-order valence-corrected chi connectivity index (χ4v) is 4.72. The number of nitrogens with zero attached hydrogens (tertiary/aromatic N) is 2. The highest BCUT2D eigenvalue weighted by atomic mass is 16.5. The summed E-state index contributed by atoms with van der Waals surface area (Å²) in [6, 6.07) is 13.1. The van der Waals surface area contributed by atoms with Crippen LogP contribution in [0.4, 0.5) is 5.69 Å². The van der Waals surface area contributed by atoms with E-state index in [9.17, 15) is 19.2 Å². The molecule has 8 nitrogen and oxygen atoms in total. The first-order valence-electron chi connectivity index (χ1n) is 12.9. The minimum Gasteiger partial charge on any atom is -0.465 e. The van der Waals surface area contributed by atoms with Crippen molar-refractivity contribution in [3.05, 3.63) is 65.4 Å². The van der Waals surface area contributed by atoms with Crippen LogP contribution in [0.1, 0.15) is 61.0 Å². The first kappa shape index (κ1) is 26.1. The molecule has 2 heterocycles. The molecule has 3 aromatic rings. The molecular weight excluding hydrogens is 470 g/mol. The number of ether oxygens (including phenoxy) is 1. The molecule has 0 spiro atoms. The number of hydrogen-bond acceptors (Lipinski definition) is 5.